The Balaban J connectivity index is 1.50. The molecule has 1 aliphatic heterocycles. The minimum absolute atomic E-state index is 0.0215. The van der Waals surface area contributed by atoms with Crippen LogP contribution in [0.1, 0.15) is 31.6 Å². The van der Waals surface area contributed by atoms with Gasteiger partial charge in [0.15, 0.2) is 0 Å². The lowest BCUT2D eigenvalue weighted by Gasteiger charge is -2.16. The normalized spacial score (nSPS) is 12.9. The summed E-state index contributed by atoms with van der Waals surface area (Å²) in [6.07, 6.45) is 2.60. The van der Waals surface area contributed by atoms with E-state index in [1.54, 1.807) is 6.20 Å². The van der Waals surface area contributed by atoms with Gasteiger partial charge in [-0.3, -0.25) is 9.78 Å². The second kappa shape index (κ2) is 6.88. The average Bonchev–Trinajstić information content (AvgIpc) is 3.24. The molecule has 3 heterocycles. The Hall–Kier alpha value is -2.73. The molecule has 1 amide bonds. The van der Waals surface area contributed by atoms with E-state index in [4.69, 9.17) is 4.74 Å². The van der Waals surface area contributed by atoms with Gasteiger partial charge in [-0.2, -0.15) is 0 Å². The van der Waals surface area contributed by atoms with Crippen molar-refractivity contribution in [3.63, 3.8) is 0 Å². The van der Waals surface area contributed by atoms with Crippen LogP contribution in [0.4, 0.5) is 5.69 Å². The van der Waals surface area contributed by atoms with Crippen molar-refractivity contribution < 1.29 is 9.53 Å². The fraction of sp³-hybridized carbons (Fsp3) is 0.250. The van der Waals surface area contributed by atoms with Gasteiger partial charge in [-0.15, -0.1) is 11.3 Å². The number of amides is 1. The lowest BCUT2D eigenvalue weighted by atomic mass is 10.2. The molecule has 6 heteroatoms. The predicted molar refractivity (Wildman–Crippen MR) is 102 cm³/mol. The first-order valence-corrected chi connectivity index (χ1v) is 9.35. The third kappa shape index (κ3) is 3.20. The number of benzene rings is 1. The van der Waals surface area contributed by atoms with Crippen molar-refractivity contribution in [2.24, 2.45) is 0 Å². The predicted octanol–water partition coefficient (Wildman–Crippen LogP) is 3.94. The number of rotatable bonds is 4. The van der Waals surface area contributed by atoms with E-state index >= 15 is 0 Å². The number of para-hydroxylation sites is 1. The molecular weight excluding hydrogens is 346 g/mol. The van der Waals surface area contributed by atoms with Crippen molar-refractivity contribution in [2.45, 2.75) is 26.9 Å². The number of anilines is 1. The highest BCUT2D eigenvalue weighted by molar-refractivity contribution is 7.13. The Morgan fingerprint density at radius 2 is 2.08 bits per heavy atom. The Morgan fingerprint density at radius 3 is 2.88 bits per heavy atom. The smallest absolute Gasteiger partial charge is 0.270 e. The highest BCUT2D eigenvalue weighted by Gasteiger charge is 2.28. The Kier molecular flexibility index (Phi) is 4.42. The summed E-state index contributed by atoms with van der Waals surface area (Å²) < 4.78 is 5.74. The third-order valence-corrected chi connectivity index (χ3v) is 5.53. The number of carbonyl (C=O) groups excluding carboxylic acids is 1. The fourth-order valence-corrected chi connectivity index (χ4v) is 4.00. The van der Waals surface area contributed by atoms with E-state index in [-0.39, 0.29) is 5.91 Å². The third-order valence-electron chi connectivity index (χ3n) is 4.41. The van der Waals surface area contributed by atoms with Crippen molar-refractivity contribution in [2.75, 3.05) is 11.4 Å². The molecule has 0 N–H and O–H groups in total. The van der Waals surface area contributed by atoms with Crippen molar-refractivity contribution >= 4 is 22.9 Å². The van der Waals surface area contributed by atoms with Crippen LogP contribution in [0.15, 0.2) is 42.6 Å². The van der Waals surface area contributed by atoms with Gasteiger partial charge in [0, 0.05) is 17.9 Å². The zero-order chi connectivity index (χ0) is 18.1. The molecule has 0 radical (unpaired) electrons. The number of hydrogen-bond donors (Lipinski definition) is 0. The SMILES string of the molecule is Cc1ccc(OCc2nc(C)c(C(=O)N3CCc4ccccc43)s2)cn1. The second-order valence-corrected chi connectivity index (χ2v) is 7.37. The number of hydrogen-bond acceptors (Lipinski definition) is 5. The van der Waals surface area contributed by atoms with Crippen LogP contribution in [0.25, 0.3) is 0 Å². The maximum atomic E-state index is 13.0. The molecule has 1 aromatic carbocycles. The molecule has 0 saturated carbocycles. The summed E-state index contributed by atoms with van der Waals surface area (Å²) in [5.41, 5.74) is 3.93. The van der Waals surface area contributed by atoms with Gasteiger partial charge in [-0.05, 0) is 44.0 Å². The number of nitrogens with zero attached hydrogens (tertiary/aromatic N) is 3. The quantitative estimate of drug-likeness (QED) is 0.703. The van der Waals surface area contributed by atoms with Crippen molar-refractivity contribution in [3.8, 4) is 5.75 Å². The van der Waals surface area contributed by atoms with Crippen LogP contribution >= 0.6 is 11.3 Å². The number of thiazole rings is 1. The number of ether oxygens (including phenoxy) is 1. The van der Waals surface area contributed by atoms with Gasteiger partial charge in [0.2, 0.25) is 0 Å². The van der Waals surface area contributed by atoms with Gasteiger partial charge in [-0.1, -0.05) is 18.2 Å². The summed E-state index contributed by atoms with van der Waals surface area (Å²) in [6, 6.07) is 11.9. The molecule has 132 valence electrons. The van der Waals surface area contributed by atoms with Crippen molar-refractivity contribution in [3.05, 3.63) is 69.4 Å². The molecular formula is C20H19N3O2S. The number of carbonyl (C=O) groups is 1. The second-order valence-electron chi connectivity index (χ2n) is 6.28. The van der Waals surface area contributed by atoms with Crippen LogP contribution in [-0.4, -0.2) is 22.4 Å². The zero-order valence-electron chi connectivity index (χ0n) is 14.7. The molecule has 2 aromatic heterocycles. The minimum atomic E-state index is 0.0215. The van der Waals surface area contributed by atoms with E-state index in [1.165, 1.54) is 16.9 Å². The Morgan fingerprint density at radius 1 is 1.23 bits per heavy atom. The molecule has 1 aliphatic rings. The van der Waals surface area contributed by atoms with E-state index in [2.05, 4.69) is 16.0 Å². The van der Waals surface area contributed by atoms with Crippen LogP contribution in [0, 0.1) is 13.8 Å². The number of aryl methyl sites for hydroxylation is 2. The van der Waals surface area contributed by atoms with Gasteiger partial charge in [-0.25, -0.2) is 4.98 Å². The minimum Gasteiger partial charge on any atom is -0.485 e. The summed E-state index contributed by atoms with van der Waals surface area (Å²) in [5.74, 6) is 0.720. The lowest BCUT2D eigenvalue weighted by molar-refractivity contribution is 0.0992. The van der Waals surface area contributed by atoms with Gasteiger partial charge < -0.3 is 9.64 Å². The van der Waals surface area contributed by atoms with E-state index in [1.807, 2.05) is 49.1 Å². The molecule has 0 saturated heterocycles. The van der Waals surface area contributed by atoms with Crippen LogP contribution in [0.2, 0.25) is 0 Å². The van der Waals surface area contributed by atoms with Crippen LogP contribution in [0.5, 0.6) is 5.75 Å². The van der Waals surface area contributed by atoms with Crippen LogP contribution in [0.3, 0.4) is 0 Å². The molecule has 0 aliphatic carbocycles. The van der Waals surface area contributed by atoms with E-state index in [0.29, 0.717) is 17.2 Å². The van der Waals surface area contributed by atoms with E-state index < -0.39 is 0 Å². The first-order chi connectivity index (χ1) is 12.6. The molecule has 5 nitrogen and oxygen atoms in total. The first kappa shape index (κ1) is 16.7. The molecule has 26 heavy (non-hydrogen) atoms. The Bertz CT molecular complexity index is 950. The van der Waals surface area contributed by atoms with Crippen LogP contribution in [-0.2, 0) is 13.0 Å². The molecule has 0 spiro atoms. The molecule has 0 bridgehead atoms. The molecule has 4 rings (SSSR count). The van der Waals surface area contributed by atoms with Gasteiger partial charge in [0.05, 0.1) is 11.9 Å². The largest absolute Gasteiger partial charge is 0.485 e. The standard InChI is InChI=1S/C20H19N3O2S/c1-13-7-8-16(11-21-13)25-12-18-22-14(2)19(26-18)20(24)23-10-9-15-5-3-4-6-17(15)23/h3-8,11H,9-10,12H2,1-2H3. The molecule has 3 aromatic rings. The topological polar surface area (TPSA) is 55.3 Å². The highest BCUT2D eigenvalue weighted by atomic mass is 32.1. The maximum Gasteiger partial charge on any atom is 0.270 e. The fourth-order valence-electron chi connectivity index (χ4n) is 3.07. The number of aromatic nitrogens is 2. The summed E-state index contributed by atoms with van der Waals surface area (Å²) in [4.78, 5) is 24.3. The maximum absolute atomic E-state index is 13.0. The van der Waals surface area contributed by atoms with E-state index in [0.717, 1.165) is 35.0 Å². The lowest BCUT2D eigenvalue weighted by Crippen LogP contribution is -2.28. The zero-order valence-corrected chi connectivity index (χ0v) is 15.5. The van der Waals surface area contributed by atoms with E-state index in [9.17, 15) is 4.79 Å². The number of fused-ring (bicyclic) bond motifs is 1. The van der Waals surface area contributed by atoms with Crippen LogP contribution < -0.4 is 9.64 Å². The highest BCUT2D eigenvalue weighted by Crippen LogP contribution is 2.31. The Labute approximate surface area is 156 Å². The molecule has 0 unspecified atom stereocenters. The molecule has 0 fully saturated rings. The monoisotopic (exact) mass is 365 g/mol. The first-order valence-electron chi connectivity index (χ1n) is 8.53. The van der Waals surface area contributed by atoms with Gasteiger partial charge >= 0.3 is 0 Å². The number of pyridine rings is 1. The van der Waals surface area contributed by atoms with Crippen molar-refractivity contribution in [1.29, 1.82) is 0 Å². The molecule has 0 atom stereocenters. The average molecular weight is 365 g/mol. The van der Waals surface area contributed by atoms with Gasteiger partial charge in [0.25, 0.3) is 5.91 Å². The van der Waals surface area contributed by atoms with Crippen molar-refractivity contribution in [1.82, 2.24) is 9.97 Å². The summed E-state index contributed by atoms with van der Waals surface area (Å²) >= 11 is 1.40. The summed E-state index contributed by atoms with van der Waals surface area (Å²) in [5, 5.41) is 0.791. The van der Waals surface area contributed by atoms with Gasteiger partial charge in [0.1, 0.15) is 22.2 Å². The summed E-state index contributed by atoms with van der Waals surface area (Å²) in [6.45, 7) is 4.86. The summed E-state index contributed by atoms with van der Waals surface area (Å²) in [7, 11) is 0.